The van der Waals surface area contributed by atoms with Crippen LogP contribution in [0.25, 0.3) is 0 Å². The summed E-state index contributed by atoms with van der Waals surface area (Å²) in [7, 11) is 0. The largest absolute Gasteiger partial charge is 0.307 e. The lowest BCUT2D eigenvalue weighted by Crippen LogP contribution is -2.12. The zero-order chi connectivity index (χ0) is 8.97. The summed E-state index contributed by atoms with van der Waals surface area (Å²) in [5.74, 6) is 0.503. The van der Waals surface area contributed by atoms with Crippen LogP contribution in [0.2, 0.25) is 0 Å². The van der Waals surface area contributed by atoms with Crippen LogP contribution in [0.15, 0.2) is 23.9 Å². The Hall–Kier alpha value is -1.58. The zero-order valence-corrected chi connectivity index (χ0v) is 7.09. The normalized spacial score (nSPS) is 11.3. The minimum atomic E-state index is -0.109. The summed E-state index contributed by atoms with van der Waals surface area (Å²) in [5, 5.41) is 8.99. The Morgan fingerprint density at radius 3 is 3.00 bits per heavy atom. The molecule has 64 valence electrons. The predicted molar refractivity (Wildman–Crippen MR) is 46.6 cm³/mol. The Labute approximate surface area is 70.7 Å². The highest BCUT2D eigenvalue weighted by Gasteiger charge is 2.02. The number of carbonyl (C=O) groups excluding carboxylic acids is 1. The lowest BCUT2D eigenvalue weighted by atomic mass is 10.3. The molecular weight excluding hydrogens is 154 g/mol. The summed E-state index contributed by atoms with van der Waals surface area (Å²) in [6, 6.07) is 1.70. The van der Waals surface area contributed by atoms with Crippen LogP contribution in [0, 0.1) is 0 Å². The van der Waals surface area contributed by atoms with Crippen molar-refractivity contribution in [2.45, 2.75) is 13.8 Å². The van der Waals surface area contributed by atoms with Gasteiger partial charge in [0.25, 0.3) is 5.91 Å². The molecule has 4 nitrogen and oxygen atoms in total. The van der Waals surface area contributed by atoms with Gasteiger partial charge in [-0.2, -0.15) is 5.10 Å². The summed E-state index contributed by atoms with van der Waals surface area (Å²) < 4.78 is 0. The van der Waals surface area contributed by atoms with Gasteiger partial charge < -0.3 is 5.32 Å². The summed E-state index contributed by atoms with van der Waals surface area (Å²) in [4.78, 5) is 11.2. The number of anilines is 1. The number of hydrogen-bond acceptors (Lipinski definition) is 2. The highest BCUT2D eigenvalue weighted by atomic mass is 16.1. The molecule has 4 heteroatoms. The Kier molecular flexibility index (Phi) is 2.63. The van der Waals surface area contributed by atoms with Crippen molar-refractivity contribution in [3.05, 3.63) is 23.9 Å². The van der Waals surface area contributed by atoms with E-state index in [0.717, 1.165) is 0 Å². The molecule has 1 aromatic rings. The van der Waals surface area contributed by atoms with Crippen molar-refractivity contribution in [2.24, 2.45) is 0 Å². The van der Waals surface area contributed by atoms with Crippen LogP contribution in [-0.2, 0) is 4.79 Å². The number of H-pyrrole nitrogens is 1. The smallest absolute Gasteiger partial charge is 0.252 e. The average Bonchev–Trinajstić information content (AvgIpc) is 2.55. The highest BCUT2D eigenvalue weighted by molar-refractivity contribution is 6.02. The number of carbonyl (C=O) groups is 1. The number of rotatable bonds is 2. The van der Waals surface area contributed by atoms with Gasteiger partial charge in [-0.15, -0.1) is 0 Å². The van der Waals surface area contributed by atoms with Crippen molar-refractivity contribution in [1.29, 1.82) is 0 Å². The van der Waals surface area contributed by atoms with Gasteiger partial charge in [0.05, 0.1) is 6.20 Å². The molecule has 0 spiro atoms. The number of allylic oxidation sites excluding steroid dienone is 1. The fourth-order valence-corrected chi connectivity index (χ4v) is 0.677. The van der Waals surface area contributed by atoms with Gasteiger partial charge in [-0.1, -0.05) is 6.08 Å². The standard InChI is InChI=1S/C8H11N3O/c1-3-6(2)8(12)10-7-4-5-9-11-7/h3-5H,1-2H3,(H2,9,10,11,12)/b6-3-. The van der Waals surface area contributed by atoms with Crippen LogP contribution in [-0.4, -0.2) is 16.1 Å². The van der Waals surface area contributed by atoms with Gasteiger partial charge in [0.1, 0.15) is 5.82 Å². The monoisotopic (exact) mass is 165 g/mol. The van der Waals surface area contributed by atoms with Crippen molar-refractivity contribution in [1.82, 2.24) is 10.2 Å². The molecule has 0 atom stereocenters. The zero-order valence-electron chi connectivity index (χ0n) is 7.09. The molecule has 1 rings (SSSR count). The van der Waals surface area contributed by atoms with Gasteiger partial charge in [0.15, 0.2) is 0 Å². The predicted octanol–water partition coefficient (Wildman–Crippen LogP) is 1.31. The maximum Gasteiger partial charge on any atom is 0.252 e. The van der Waals surface area contributed by atoms with E-state index in [2.05, 4.69) is 15.5 Å². The SMILES string of the molecule is C/C=C(/C)C(=O)Nc1ccn[nH]1. The van der Waals surface area contributed by atoms with Crippen LogP contribution < -0.4 is 5.32 Å². The molecule has 0 saturated carbocycles. The van der Waals surface area contributed by atoms with Crippen LogP contribution >= 0.6 is 0 Å². The number of aromatic amines is 1. The van der Waals surface area contributed by atoms with E-state index in [1.165, 1.54) is 0 Å². The van der Waals surface area contributed by atoms with Crippen molar-refractivity contribution in [3.63, 3.8) is 0 Å². The number of hydrogen-bond donors (Lipinski definition) is 2. The van der Waals surface area contributed by atoms with E-state index < -0.39 is 0 Å². The van der Waals surface area contributed by atoms with Crippen molar-refractivity contribution >= 4 is 11.7 Å². The second-order valence-electron chi connectivity index (χ2n) is 2.40. The van der Waals surface area contributed by atoms with Crippen LogP contribution in [0.5, 0.6) is 0 Å². The summed E-state index contributed by atoms with van der Waals surface area (Å²) >= 11 is 0. The number of nitrogens with one attached hydrogen (secondary N) is 2. The topological polar surface area (TPSA) is 57.8 Å². The molecule has 0 unspecified atom stereocenters. The maximum atomic E-state index is 11.2. The number of aromatic nitrogens is 2. The Morgan fingerprint density at radius 2 is 2.50 bits per heavy atom. The molecular formula is C8H11N3O. The van der Waals surface area contributed by atoms with E-state index in [0.29, 0.717) is 11.4 Å². The Morgan fingerprint density at radius 1 is 1.75 bits per heavy atom. The third-order valence-corrected chi connectivity index (χ3v) is 1.54. The maximum absolute atomic E-state index is 11.2. The van der Waals surface area contributed by atoms with E-state index in [-0.39, 0.29) is 5.91 Å². The third-order valence-electron chi connectivity index (χ3n) is 1.54. The highest BCUT2D eigenvalue weighted by Crippen LogP contribution is 2.01. The van der Waals surface area contributed by atoms with Crippen LogP contribution in [0.4, 0.5) is 5.82 Å². The first-order valence-corrected chi connectivity index (χ1v) is 3.67. The Balaban J connectivity index is 2.59. The van der Waals surface area contributed by atoms with Crippen LogP contribution in [0.1, 0.15) is 13.8 Å². The molecule has 2 N–H and O–H groups in total. The molecule has 0 aliphatic heterocycles. The molecule has 0 radical (unpaired) electrons. The number of amides is 1. The summed E-state index contributed by atoms with van der Waals surface area (Å²) in [6.45, 7) is 3.58. The molecule has 1 heterocycles. The molecule has 0 aliphatic rings. The lowest BCUT2D eigenvalue weighted by Gasteiger charge is -2.00. The molecule has 1 amide bonds. The first kappa shape index (κ1) is 8.52. The molecule has 0 aliphatic carbocycles. The fraction of sp³-hybridized carbons (Fsp3) is 0.250. The summed E-state index contributed by atoms with van der Waals surface area (Å²) in [6.07, 6.45) is 3.34. The molecule has 0 aromatic carbocycles. The number of nitrogens with zero attached hydrogens (tertiary/aromatic N) is 1. The van der Waals surface area contributed by atoms with Crippen molar-refractivity contribution < 1.29 is 4.79 Å². The van der Waals surface area contributed by atoms with E-state index >= 15 is 0 Å². The second kappa shape index (κ2) is 3.71. The molecule has 0 fully saturated rings. The molecule has 1 aromatic heterocycles. The Bertz CT molecular complexity index is 287. The van der Waals surface area contributed by atoms with Gasteiger partial charge in [-0.05, 0) is 13.8 Å². The minimum absolute atomic E-state index is 0.109. The molecule has 0 saturated heterocycles. The summed E-state index contributed by atoms with van der Waals surface area (Å²) in [5.41, 5.74) is 0.685. The first-order chi connectivity index (χ1) is 5.74. The van der Waals surface area contributed by atoms with Gasteiger partial charge in [-0.3, -0.25) is 9.89 Å². The first-order valence-electron chi connectivity index (χ1n) is 3.67. The van der Waals surface area contributed by atoms with Crippen molar-refractivity contribution in [2.75, 3.05) is 5.32 Å². The molecule has 0 bridgehead atoms. The second-order valence-corrected chi connectivity index (χ2v) is 2.40. The van der Waals surface area contributed by atoms with Gasteiger partial charge in [-0.25, -0.2) is 0 Å². The third kappa shape index (κ3) is 1.95. The quantitative estimate of drug-likeness (QED) is 0.649. The van der Waals surface area contributed by atoms with Crippen molar-refractivity contribution in [3.8, 4) is 0 Å². The van der Waals surface area contributed by atoms with Crippen LogP contribution in [0.3, 0.4) is 0 Å². The minimum Gasteiger partial charge on any atom is -0.307 e. The van der Waals surface area contributed by atoms with E-state index in [9.17, 15) is 4.79 Å². The van der Waals surface area contributed by atoms with Gasteiger partial charge in [0.2, 0.25) is 0 Å². The van der Waals surface area contributed by atoms with E-state index in [1.54, 1.807) is 25.3 Å². The lowest BCUT2D eigenvalue weighted by molar-refractivity contribution is -0.112. The molecule has 12 heavy (non-hydrogen) atoms. The van der Waals surface area contributed by atoms with Gasteiger partial charge in [0, 0.05) is 11.6 Å². The average molecular weight is 165 g/mol. The van der Waals surface area contributed by atoms with Gasteiger partial charge >= 0.3 is 0 Å². The van der Waals surface area contributed by atoms with E-state index in [4.69, 9.17) is 0 Å². The fourth-order valence-electron chi connectivity index (χ4n) is 0.677. The van der Waals surface area contributed by atoms with E-state index in [1.807, 2.05) is 6.92 Å².